The fraction of sp³-hybridized carbons (Fsp3) is 0.478. The molecule has 5 heteroatoms. The van der Waals surface area contributed by atoms with E-state index in [9.17, 15) is 4.57 Å². The SMILES string of the molecule is CCCCN(CCCC)CP(=O)(c1ccc(OC)cc1)c1ccc(OC)cc1. The van der Waals surface area contributed by atoms with Gasteiger partial charge in [-0.05, 0) is 74.5 Å². The fourth-order valence-corrected chi connectivity index (χ4v) is 5.99. The minimum absolute atomic E-state index is 0.561. The van der Waals surface area contributed by atoms with E-state index in [1.54, 1.807) is 14.2 Å². The summed E-state index contributed by atoms with van der Waals surface area (Å²) < 4.78 is 25.0. The number of hydrogen-bond donors (Lipinski definition) is 0. The summed E-state index contributed by atoms with van der Waals surface area (Å²) in [4.78, 5) is 2.38. The average Bonchev–Trinajstić information content (AvgIpc) is 2.75. The van der Waals surface area contributed by atoms with Gasteiger partial charge in [0.1, 0.15) is 11.5 Å². The number of rotatable bonds is 12. The summed E-state index contributed by atoms with van der Waals surface area (Å²) in [5, 5.41) is 1.74. The van der Waals surface area contributed by atoms with Crippen molar-refractivity contribution in [3.8, 4) is 11.5 Å². The van der Waals surface area contributed by atoms with Gasteiger partial charge in [0.15, 0.2) is 7.14 Å². The molecule has 0 aliphatic carbocycles. The van der Waals surface area contributed by atoms with Crippen LogP contribution in [0, 0.1) is 0 Å². The number of unbranched alkanes of at least 4 members (excludes halogenated alkanes) is 2. The molecule has 0 aliphatic heterocycles. The molecule has 0 saturated carbocycles. The Kier molecular flexibility index (Phi) is 9.08. The van der Waals surface area contributed by atoms with Gasteiger partial charge in [0, 0.05) is 10.6 Å². The second-order valence-corrected chi connectivity index (χ2v) is 9.90. The first-order chi connectivity index (χ1) is 13.6. The molecule has 2 rings (SSSR count). The molecule has 0 heterocycles. The van der Waals surface area contributed by atoms with Crippen molar-refractivity contribution in [3.05, 3.63) is 48.5 Å². The lowest BCUT2D eigenvalue weighted by Gasteiger charge is -2.28. The van der Waals surface area contributed by atoms with Crippen molar-refractivity contribution in [1.29, 1.82) is 0 Å². The predicted octanol–water partition coefficient (Wildman–Crippen LogP) is 4.88. The summed E-state index contributed by atoms with van der Waals surface area (Å²) in [5.74, 6) is 1.55. The Balaban J connectivity index is 2.41. The van der Waals surface area contributed by atoms with Crippen LogP contribution in [-0.2, 0) is 4.57 Å². The maximum atomic E-state index is 14.4. The zero-order valence-electron chi connectivity index (χ0n) is 17.7. The Labute approximate surface area is 170 Å². The number of benzene rings is 2. The first-order valence-corrected chi connectivity index (χ1v) is 12.1. The van der Waals surface area contributed by atoms with E-state index in [2.05, 4.69) is 18.7 Å². The van der Waals surface area contributed by atoms with Gasteiger partial charge in [0.05, 0.1) is 20.5 Å². The second kappa shape index (κ2) is 11.3. The lowest BCUT2D eigenvalue weighted by Crippen LogP contribution is -2.32. The standard InChI is InChI=1S/C23H34NO3P/c1-5-7-17-24(18-8-6-2)19-28(25,22-13-9-20(26-3)10-14-22)23-15-11-21(27-4)12-16-23/h9-16H,5-8,17-19H2,1-4H3. The fourth-order valence-electron chi connectivity index (χ4n) is 3.26. The summed E-state index contributed by atoms with van der Waals surface area (Å²) in [6.07, 6.45) is 5.07. The molecule has 0 fully saturated rings. The van der Waals surface area contributed by atoms with Gasteiger partial charge >= 0.3 is 0 Å². The van der Waals surface area contributed by atoms with Crippen LogP contribution in [0.15, 0.2) is 48.5 Å². The van der Waals surface area contributed by atoms with Crippen LogP contribution in [0.4, 0.5) is 0 Å². The quantitative estimate of drug-likeness (QED) is 0.474. The molecule has 0 saturated heterocycles. The molecule has 0 bridgehead atoms. The number of methoxy groups -OCH3 is 2. The lowest BCUT2D eigenvalue weighted by atomic mass is 10.3. The van der Waals surface area contributed by atoms with Gasteiger partial charge in [-0.3, -0.25) is 4.90 Å². The highest BCUT2D eigenvalue weighted by atomic mass is 31.2. The molecule has 2 aromatic rings. The molecule has 2 aromatic carbocycles. The molecule has 0 radical (unpaired) electrons. The van der Waals surface area contributed by atoms with Crippen molar-refractivity contribution in [1.82, 2.24) is 4.90 Å². The molecule has 0 amide bonds. The molecular formula is C23H34NO3P. The smallest absolute Gasteiger partial charge is 0.156 e. The lowest BCUT2D eigenvalue weighted by molar-refractivity contribution is 0.304. The number of nitrogens with zero attached hydrogens (tertiary/aromatic N) is 1. The van der Waals surface area contributed by atoms with E-state index in [1.165, 1.54) is 0 Å². The molecule has 28 heavy (non-hydrogen) atoms. The first-order valence-electron chi connectivity index (χ1n) is 10.2. The van der Waals surface area contributed by atoms with Gasteiger partial charge < -0.3 is 14.0 Å². The zero-order valence-corrected chi connectivity index (χ0v) is 18.6. The highest BCUT2D eigenvalue weighted by molar-refractivity contribution is 7.78. The molecule has 0 spiro atoms. The van der Waals surface area contributed by atoms with E-state index in [-0.39, 0.29) is 0 Å². The van der Waals surface area contributed by atoms with Gasteiger partial charge in [-0.2, -0.15) is 0 Å². The molecule has 4 nitrogen and oxygen atoms in total. The minimum atomic E-state index is -2.81. The van der Waals surface area contributed by atoms with E-state index in [4.69, 9.17) is 9.47 Å². The third-order valence-corrected chi connectivity index (χ3v) is 8.10. The van der Waals surface area contributed by atoms with E-state index in [0.29, 0.717) is 6.29 Å². The molecule has 0 aliphatic rings. The van der Waals surface area contributed by atoms with Gasteiger partial charge in [0.2, 0.25) is 0 Å². The minimum Gasteiger partial charge on any atom is -0.497 e. The summed E-state index contributed by atoms with van der Waals surface area (Å²) in [7, 11) is 0.490. The van der Waals surface area contributed by atoms with Crippen molar-refractivity contribution in [3.63, 3.8) is 0 Å². The van der Waals surface area contributed by atoms with Crippen LogP contribution in [0.5, 0.6) is 11.5 Å². The Morgan fingerprint density at radius 3 is 1.46 bits per heavy atom. The second-order valence-electron chi connectivity index (χ2n) is 7.10. The highest BCUT2D eigenvalue weighted by Gasteiger charge is 2.30. The average molecular weight is 404 g/mol. The van der Waals surface area contributed by atoms with Crippen molar-refractivity contribution in [2.45, 2.75) is 39.5 Å². The maximum absolute atomic E-state index is 14.4. The number of ether oxygens (including phenoxy) is 2. The van der Waals surface area contributed by atoms with Gasteiger partial charge in [-0.25, -0.2) is 0 Å². The van der Waals surface area contributed by atoms with Crippen LogP contribution in [0.25, 0.3) is 0 Å². The molecule has 0 unspecified atom stereocenters. The molecule has 0 atom stereocenters. The third kappa shape index (κ3) is 5.86. The first kappa shape index (κ1) is 22.5. The zero-order chi connectivity index (χ0) is 20.4. The van der Waals surface area contributed by atoms with Gasteiger partial charge in [-0.15, -0.1) is 0 Å². The van der Waals surface area contributed by atoms with E-state index >= 15 is 0 Å². The van der Waals surface area contributed by atoms with Crippen molar-refractivity contribution < 1.29 is 14.0 Å². The normalized spacial score (nSPS) is 11.6. The number of hydrogen-bond acceptors (Lipinski definition) is 4. The van der Waals surface area contributed by atoms with Gasteiger partial charge in [-0.1, -0.05) is 26.7 Å². The van der Waals surface area contributed by atoms with Crippen molar-refractivity contribution in [2.75, 3.05) is 33.6 Å². The van der Waals surface area contributed by atoms with Crippen LogP contribution in [-0.4, -0.2) is 38.5 Å². The predicted molar refractivity (Wildman–Crippen MR) is 119 cm³/mol. The Hall–Kier alpha value is -1.77. The van der Waals surface area contributed by atoms with Crippen LogP contribution < -0.4 is 20.1 Å². The van der Waals surface area contributed by atoms with Crippen LogP contribution in [0.2, 0.25) is 0 Å². The van der Waals surface area contributed by atoms with E-state index < -0.39 is 7.14 Å². The van der Waals surface area contributed by atoms with Crippen molar-refractivity contribution in [2.24, 2.45) is 0 Å². The summed E-state index contributed by atoms with van der Waals surface area (Å²) in [6.45, 7) is 6.36. The largest absolute Gasteiger partial charge is 0.497 e. The molecule has 0 aromatic heterocycles. The summed E-state index contributed by atoms with van der Waals surface area (Å²) in [6, 6.07) is 15.4. The third-order valence-electron chi connectivity index (χ3n) is 5.03. The molecule has 0 N–H and O–H groups in total. The Morgan fingerprint density at radius 1 is 0.750 bits per heavy atom. The van der Waals surface area contributed by atoms with Crippen LogP contribution >= 0.6 is 7.14 Å². The van der Waals surface area contributed by atoms with Crippen LogP contribution in [0.3, 0.4) is 0 Å². The summed E-state index contributed by atoms with van der Waals surface area (Å²) >= 11 is 0. The van der Waals surface area contributed by atoms with Crippen LogP contribution in [0.1, 0.15) is 39.5 Å². The Morgan fingerprint density at radius 2 is 1.14 bits per heavy atom. The molecule has 154 valence electrons. The van der Waals surface area contributed by atoms with Gasteiger partial charge in [0.25, 0.3) is 0 Å². The van der Waals surface area contributed by atoms with E-state index in [1.807, 2.05) is 48.5 Å². The highest BCUT2D eigenvalue weighted by Crippen LogP contribution is 2.44. The monoisotopic (exact) mass is 403 g/mol. The molecular weight excluding hydrogens is 369 g/mol. The summed E-state index contributed by atoms with van der Waals surface area (Å²) in [5.41, 5.74) is 0. The van der Waals surface area contributed by atoms with Crippen molar-refractivity contribution >= 4 is 17.8 Å². The van der Waals surface area contributed by atoms with E-state index in [0.717, 1.165) is 60.9 Å². The topological polar surface area (TPSA) is 38.8 Å². The maximum Gasteiger partial charge on any atom is 0.156 e. The Bertz CT molecular complexity index is 684.